The van der Waals surface area contributed by atoms with E-state index >= 15 is 0 Å². The first-order valence-corrected chi connectivity index (χ1v) is 10.6. The number of hydrogen-bond donors (Lipinski definition) is 2. The SMILES string of the molecule is CC(C)(C)C(NC(=O)c1ccc2ccc(C#N)cc2c1OCc1ccc(C(F)(F)F)cc1)C(=O)O. The van der Waals surface area contributed by atoms with Gasteiger partial charge in [0.1, 0.15) is 18.4 Å². The van der Waals surface area contributed by atoms with Crippen LogP contribution < -0.4 is 10.1 Å². The highest BCUT2D eigenvalue weighted by molar-refractivity contribution is 6.05. The van der Waals surface area contributed by atoms with Gasteiger partial charge in [0.25, 0.3) is 5.91 Å². The van der Waals surface area contributed by atoms with Gasteiger partial charge in [0.05, 0.1) is 22.8 Å². The summed E-state index contributed by atoms with van der Waals surface area (Å²) in [4.78, 5) is 24.9. The maximum Gasteiger partial charge on any atom is 0.416 e. The molecular weight excluding hydrogens is 461 g/mol. The van der Waals surface area contributed by atoms with Crippen molar-refractivity contribution in [3.63, 3.8) is 0 Å². The molecule has 0 bridgehead atoms. The number of alkyl halides is 3. The molecule has 0 aliphatic rings. The molecular formula is C26H23F3N2O4. The van der Waals surface area contributed by atoms with Gasteiger partial charge in [-0.2, -0.15) is 18.4 Å². The number of carbonyl (C=O) groups is 2. The number of nitrogens with one attached hydrogen (secondary N) is 1. The molecule has 3 aromatic rings. The summed E-state index contributed by atoms with van der Waals surface area (Å²) in [6, 6.07) is 13.2. The molecule has 0 spiro atoms. The zero-order chi connectivity index (χ0) is 26.0. The van der Waals surface area contributed by atoms with Gasteiger partial charge in [-0.1, -0.05) is 45.0 Å². The summed E-state index contributed by atoms with van der Waals surface area (Å²) in [7, 11) is 0. The molecule has 0 saturated carbocycles. The molecule has 0 fully saturated rings. The van der Waals surface area contributed by atoms with Crippen molar-refractivity contribution in [3.05, 3.63) is 76.9 Å². The molecule has 0 aromatic heterocycles. The fourth-order valence-corrected chi connectivity index (χ4v) is 3.50. The summed E-state index contributed by atoms with van der Waals surface area (Å²) in [6.45, 7) is 4.87. The molecule has 0 aliphatic heterocycles. The summed E-state index contributed by atoms with van der Waals surface area (Å²) in [5, 5.41) is 22.5. The Hall–Kier alpha value is -4.06. The van der Waals surface area contributed by atoms with E-state index in [0.717, 1.165) is 12.1 Å². The fourth-order valence-electron chi connectivity index (χ4n) is 3.50. The third-order valence-corrected chi connectivity index (χ3v) is 5.40. The maximum absolute atomic E-state index is 13.1. The number of carboxylic acids is 1. The predicted molar refractivity (Wildman–Crippen MR) is 123 cm³/mol. The van der Waals surface area contributed by atoms with Crippen LogP contribution >= 0.6 is 0 Å². The van der Waals surface area contributed by atoms with Crippen molar-refractivity contribution < 1.29 is 32.6 Å². The minimum absolute atomic E-state index is 0.0370. The van der Waals surface area contributed by atoms with Crippen molar-refractivity contribution >= 4 is 22.6 Å². The van der Waals surface area contributed by atoms with E-state index in [-0.39, 0.29) is 17.9 Å². The Kier molecular flexibility index (Phi) is 7.06. The number of carboxylic acid groups (broad SMARTS) is 1. The number of amides is 1. The molecule has 6 nitrogen and oxygen atoms in total. The lowest BCUT2D eigenvalue weighted by Crippen LogP contribution is -2.49. The standard InChI is InChI=1S/C26H23F3N2O4/c1-25(2,3)22(24(33)34)31-23(32)19-11-8-17-7-4-16(13-30)12-20(17)21(19)35-14-15-5-9-18(10-6-15)26(27,28)29/h4-12,22H,14H2,1-3H3,(H,31,32)(H,33,34). The topological polar surface area (TPSA) is 99.4 Å². The summed E-state index contributed by atoms with van der Waals surface area (Å²) in [5.41, 5.74) is -0.807. The van der Waals surface area contributed by atoms with Crippen LogP contribution in [0.1, 0.15) is 47.8 Å². The summed E-state index contributed by atoms with van der Waals surface area (Å²) in [5.74, 6) is -1.81. The molecule has 0 radical (unpaired) electrons. The van der Waals surface area contributed by atoms with Crippen molar-refractivity contribution in [3.8, 4) is 11.8 Å². The number of nitrogens with zero attached hydrogens (tertiary/aromatic N) is 1. The number of fused-ring (bicyclic) bond motifs is 1. The van der Waals surface area contributed by atoms with Gasteiger partial charge in [0, 0.05) is 5.39 Å². The number of nitriles is 1. The molecule has 1 amide bonds. The van der Waals surface area contributed by atoms with Gasteiger partial charge in [-0.05, 0) is 46.7 Å². The number of rotatable bonds is 6. The van der Waals surface area contributed by atoms with Crippen LogP contribution in [0.2, 0.25) is 0 Å². The lowest BCUT2D eigenvalue weighted by molar-refractivity contribution is -0.142. The Bertz CT molecular complexity index is 1300. The third kappa shape index (κ3) is 5.90. The van der Waals surface area contributed by atoms with E-state index in [9.17, 15) is 33.1 Å². The number of hydrogen-bond acceptors (Lipinski definition) is 4. The van der Waals surface area contributed by atoms with E-state index in [2.05, 4.69) is 5.32 Å². The lowest BCUT2D eigenvalue weighted by atomic mass is 9.86. The third-order valence-electron chi connectivity index (χ3n) is 5.40. The van der Waals surface area contributed by atoms with Gasteiger partial charge in [-0.15, -0.1) is 0 Å². The van der Waals surface area contributed by atoms with Crippen molar-refractivity contribution in [2.75, 3.05) is 0 Å². The second kappa shape index (κ2) is 9.66. The van der Waals surface area contributed by atoms with Gasteiger partial charge in [-0.25, -0.2) is 4.79 Å². The second-order valence-corrected chi connectivity index (χ2v) is 9.08. The average Bonchev–Trinajstić information content (AvgIpc) is 2.79. The quantitative estimate of drug-likeness (QED) is 0.479. The minimum atomic E-state index is -4.47. The smallest absolute Gasteiger partial charge is 0.416 e. The van der Waals surface area contributed by atoms with E-state index in [1.54, 1.807) is 39.0 Å². The number of ether oxygens (including phenoxy) is 1. The Morgan fingerprint density at radius 3 is 2.23 bits per heavy atom. The van der Waals surface area contributed by atoms with E-state index < -0.39 is 35.1 Å². The van der Waals surface area contributed by atoms with E-state index in [1.807, 2.05) is 6.07 Å². The molecule has 182 valence electrons. The molecule has 2 N–H and O–H groups in total. The number of halogens is 3. The van der Waals surface area contributed by atoms with E-state index in [1.165, 1.54) is 24.3 Å². The van der Waals surface area contributed by atoms with Gasteiger partial charge in [-0.3, -0.25) is 4.79 Å². The van der Waals surface area contributed by atoms with Crippen LogP contribution in [0.5, 0.6) is 5.75 Å². The molecule has 0 saturated heterocycles. The molecule has 1 atom stereocenters. The van der Waals surface area contributed by atoms with Crippen LogP contribution in [0.25, 0.3) is 10.8 Å². The monoisotopic (exact) mass is 484 g/mol. The van der Waals surface area contributed by atoms with Crippen LogP contribution in [0.15, 0.2) is 54.6 Å². The van der Waals surface area contributed by atoms with Crippen molar-refractivity contribution in [2.45, 2.75) is 39.6 Å². The lowest BCUT2D eigenvalue weighted by Gasteiger charge is -2.28. The highest BCUT2D eigenvalue weighted by atomic mass is 19.4. The van der Waals surface area contributed by atoms with Crippen LogP contribution in [0.4, 0.5) is 13.2 Å². The second-order valence-electron chi connectivity index (χ2n) is 9.08. The zero-order valence-corrected chi connectivity index (χ0v) is 19.2. The molecule has 0 aliphatic carbocycles. The van der Waals surface area contributed by atoms with E-state index in [4.69, 9.17) is 4.74 Å². The Labute approximate surface area is 199 Å². The van der Waals surface area contributed by atoms with Crippen molar-refractivity contribution in [2.24, 2.45) is 5.41 Å². The van der Waals surface area contributed by atoms with Crippen LogP contribution in [-0.4, -0.2) is 23.0 Å². The van der Waals surface area contributed by atoms with Gasteiger partial charge in [0.2, 0.25) is 0 Å². The summed E-state index contributed by atoms with van der Waals surface area (Å²) < 4.78 is 44.5. The van der Waals surface area contributed by atoms with Crippen molar-refractivity contribution in [1.29, 1.82) is 5.26 Å². The summed E-state index contributed by atoms with van der Waals surface area (Å²) in [6.07, 6.45) is -4.47. The maximum atomic E-state index is 13.1. The number of aliphatic carboxylic acids is 1. The van der Waals surface area contributed by atoms with Gasteiger partial charge in [0.15, 0.2) is 0 Å². The molecule has 3 rings (SSSR count). The molecule has 1 unspecified atom stereocenters. The Morgan fingerprint density at radius 1 is 1.06 bits per heavy atom. The van der Waals surface area contributed by atoms with Crippen LogP contribution in [-0.2, 0) is 17.6 Å². The van der Waals surface area contributed by atoms with Gasteiger partial charge >= 0.3 is 12.1 Å². The highest BCUT2D eigenvalue weighted by Gasteiger charge is 2.34. The molecule has 3 aromatic carbocycles. The predicted octanol–water partition coefficient (Wildman–Crippen LogP) is 5.54. The van der Waals surface area contributed by atoms with E-state index in [0.29, 0.717) is 21.9 Å². The van der Waals surface area contributed by atoms with Crippen LogP contribution in [0, 0.1) is 16.7 Å². The Balaban J connectivity index is 2.01. The first-order chi connectivity index (χ1) is 16.3. The largest absolute Gasteiger partial charge is 0.487 e. The minimum Gasteiger partial charge on any atom is -0.487 e. The molecule has 35 heavy (non-hydrogen) atoms. The molecule has 9 heteroatoms. The summed E-state index contributed by atoms with van der Waals surface area (Å²) >= 11 is 0. The van der Waals surface area contributed by atoms with Gasteiger partial charge < -0.3 is 15.2 Å². The fraction of sp³-hybridized carbons (Fsp3) is 0.269. The first-order valence-electron chi connectivity index (χ1n) is 10.6. The number of carbonyl (C=O) groups excluding carboxylic acids is 1. The first kappa shape index (κ1) is 25.6. The number of benzene rings is 3. The van der Waals surface area contributed by atoms with Crippen molar-refractivity contribution in [1.82, 2.24) is 5.32 Å². The zero-order valence-electron chi connectivity index (χ0n) is 19.2. The average molecular weight is 484 g/mol. The van der Waals surface area contributed by atoms with Crippen LogP contribution in [0.3, 0.4) is 0 Å². The Morgan fingerprint density at radius 2 is 1.69 bits per heavy atom. The normalized spacial score (nSPS) is 12.6. The molecule has 0 heterocycles. The highest BCUT2D eigenvalue weighted by Crippen LogP contribution is 2.33.